The molecule has 0 fully saturated rings. The molecule has 1 amide bonds. The zero-order valence-corrected chi connectivity index (χ0v) is 17.7. The molecule has 2 heterocycles. The lowest BCUT2D eigenvalue weighted by Crippen LogP contribution is -2.22. The Morgan fingerprint density at radius 3 is 2.79 bits per heavy atom. The van der Waals surface area contributed by atoms with Gasteiger partial charge in [-0.2, -0.15) is 0 Å². The minimum Gasteiger partial charge on any atom is -0.497 e. The molecule has 0 aliphatic carbocycles. The van der Waals surface area contributed by atoms with Gasteiger partial charge in [0.2, 0.25) is 5.91 Å². The fourth-order valence-electron chi connectivity index (χ4n) is 3.13. The number of nitrogens with zero attached hydrogens (tertiary/aromatic N) is 3. The minimum atomic E-state index is -0.386. The van der Waals surface area contributed by atoms with Crippen LogP contribution in [-0.4, -0.2) is 32.9 Å². The molecule has 0 saturated carbocycles. The number of thioether (sulfide) groups is 1. The largest absolute Gasteiger partial charge is 0.497 e. The van der Waals surface area contributed by atoms with E-state index in [0.717, 1.165) is 27.9 Å². The quantitative estimate of drug-likeness (QED) is 0.456. The third kappa shape index (κ3) is 3.88. The molecule has 4 aromatic rings. The first-order valence-electron chi connectivity index (χ1n) is 9.02. The van der Waals surface area contributed by atoms with Crippen molar-refractivity contribution in [1.29, 1.82) is 0 Å². The third-order valence-electron chi connectivity index (χ3n) is 4.62. The Labute approximate surface area is 177 Å². The Kier molecular flexibility index (Phi) is 5.34. The summed E-state index contributed by atoms with van der Waals surface area (Å²) in [7, 11) is 1.64. The number of ether oxygens (including phenoxy) is 1. The average Bonchev–Trinajstić information content (AvgIpc) is 3.10. The SMILES string of the molecule is COc1ccc2c(C)cc3nnc(SC(C)C(=O)Nc4cccc(Cl)c4)n3c2c1. The Morgan fingerprint density at radius 2 is 2.03 bits per heavy atom. The van der Waals surface area contributed by atoms with Crippen LogP contribution in [-0.2, 0) is 4.79 Å². The topological polar surface area (TPSA) is 68.5 Å². The number of benzene rings is 2. The highest BCUT2D eigenvalue weighted by molar-refractivity contribution is 8.00. The predicted octanol–water partition coefficient (Wildman–Crippen LogP) is 4.97. The monoisotopic (exact) mass is 426 g/mol. The van der Waals surface area contributed by atoms with Crippen molar-refractivity contribution in [2.24, 2.45) is 0 Å². The maximum Gasteiger partial charge on any atom is 0.237 e. The van der Waals surface area contributed by atoms with Crippen LogP contribution >= 0.6 is 23.4 Å². The van der Waals surface area contributed by atoms with Crippen LogP contribution in [0.5, 0.6) is 5.75 Å². The molecule has 1 N–H and O–H groups in total. The minimum absolute atomic E-state index is 0.136. The number of hydrogen-bond donors (Lipinski definition) is 1. The van der Waals surface area contributed by atoms with Crippen LogP contribution in [0.1, 0.15) is 12.5 Å². The Morgan fingerprint density at radius 1 is 1.21 bits per heavy atom. The lowest BCUT2D eigenvalue weighted by atomic mass is 10.1. The summed E-state index contributed by atoms with van der Waals surface area (Å²) in [5.74, 6) is 0.615. The van der Waals surface area contributed by atoms with Gasteiger partial charge in [-0.05, 0) is 55.8 Å². The van der Waals surface area contributed by atoms with Crippen molar-refractivity contribution in [1.82, 2.24) is 14.6 Å². The summed E-state index contributed by atoms with van der Waals surface area (Å²) < 4.78 is 7.34. The maximum absolute atomic E-state index is 12.7. The van der Waals surface area contributed by atoms with Crippen LogP contribution in [0.25, 0.3) is 16.6 Å². The predicted molar refractivity (Wildman–Crippen MR) is 117 cm³/mol. The first kappa shape index (κ1) is 19.5. The number of fused-ring (bicyclic) bond motifs is 3. The van der Waals surface area contributed by atoms with E-state index in [0.29, 0.717) is 15.9 Å². The fraction of sp³-hybridized carbons (Fsp3) is 0.190. The molecular formula is C21H19ClN4O2S. The first-order valence-corrected chi connectivity index (χ1v) is 10.3. The number of hydrogen-bond acceptors (Lipinski definition) is 5. The van der Waals surface area contributed by atoms with E-state index in [4.69, 9.17) is 16.3 Å². The number of aromatic nitrogens is 3. The van der Waals surface area contributed by atoms with Crippen LogP contribution in [0.15, 0.2) is 53.7 Å². The highest BCUT2D eigenvalue weighted by Gasteiger charge is 2.20. The van der Waals surface area contributed by atoms with Crippen molar-refractivity contribution in [3.63, 3.8) is 0 Å². The number of carbonyl (C=O) groups excluding carboxylic acids is 1. The van der Waals surface area contributed by atoms with Crippen molar-refractivity contribution >= 4 is 51.5 Å². The normalized spacial score (nSPS) is 12.3. The fourth-order valence-corrected chi connectivity index (χ4v) is 4.19. The molecule has 0 radical (unpaired) electrons. The van der Waals surface area contributed by atoms with Gasteiger partial charge in [-0.25, -0.2) is 0 Å². The van der Waals surface area contributed by atoms with Crippen LogP contribution in [0.2, 0.25) is 5.02 Å². The number of anilines is 1. The molecule has 0 aliphatic heterocycles. The molecular weight excluding hydrogens is 408 g/mol. The molecule has 0 saturated heterocycles. The second-order valence-corrected chi connectivity index (χ2v) is 8.39. The van der Waals surface area contributed by atoms with E-state index >= 15 is 0 Å². The lowest BCUT2D eigenvalue weighted by molar-refractivity contribution is -0.115. The van der Waals surface area contributed by atoms with Crippen LogP contribution < -0.4 is 10.1 Å². The van der Waals surface area contributed by atoms with Gasteiger partial charge in [0, 0.05) is 22.2 Å². The maximum atomic E-state index is 12.7. The van der Waals surface area contributed by atoms with Gasteiger partial charge in [-0.1, -0.05) is 29.4 Å². The molecule has 6 nitrogen and oxygen atoms in total. The summed E-state index contributed by atoms with van der Waals surface area (Å²) >= 11 is 7.34. The molecule has 4 rings (SSSR count). The van der Waals surface area contributed by atoms with Gasteiger partial charge >= 0.3 is 0 Å². The summed E-state index contributed by atoms with van der Waals surface area (Å²) in [6.07, 6.45) is 0. The highest BCUT2D eigenvalue weighted by atomic mass is 35.5. The van der Waals surface area contributed by atoms with E-state index < -0.39 is 0 Å². The smallest absolute Gasteiger partial charge is 0.237 e. The van der Waals surface area contributed by atoms with Gasteiger partial charge in [0.05, 0.1) is 17.9 Å². The van der Waals surface area contributed by atoms with E-state index in [1.165, 1.54) is 11.8 Å². The van der Waals surface area contributed by atoms with Gasteiger partial charge in [0.15, 0.2) is 10.8 Å². The summed E-state index contributed by atoms with van der Waals surface area (Å²) in [4.78, 5) is 12.7. The number of pyridine rings is 1. The van der Waals surface area contributed by atoms with Crippen LogP contribution in [0.3, 0.4) is 0 Å². The molecule has 8 heteroatoms. The summed E-state index contributed by atoms with van der Waals surface area (Å²) in [6, 6.07) is 15.0. The highest BCUT2D eigenvalue weighted by Crippen LogP contribution is 2.30. The van der Waals surface area contributed by atoms with Crippen molar-refractivity contribution in [3.8, 4) is 5.75 Å². The van der Waals surface area contributed by atoms with Gasteiger partial charge in [-0.3, -0.25) is 9.20 Å². The Bertz CT molecular complexity index is 1220. The number of aryl methyl sites for hydroxylation is 1. The van der Waals surface area contributed by atoms with Gasteiger partial charge in [-0.15, -0.1) is 10.2 Å². The molecule has 148 valence electrons. The van der Waals surface area contributed by atoms with E-state index in [2.05, 4.69) is 15.5 Å². The van der Waals surface area contributed by atoms with Gasteiger partial charge in [0.1, 0.15) is 5.75 Å². The third-order valence-corrected chi connectivity index (χ3v) is 5.90. The Hall–Kier alpha value is -2.77. The van der Waals surface area contributed by atoms with Crippen molar-refractivity contribution in [3.05, 3.63) is 59.1 Å². The number of amides is 1. The zero-order chi connectivity index (χ0) is 20.5. The molecule has 0 aliphatic rings. The number of methoxy groups -OCH3 is 1. The Balaban J connectivity index is 1.67. The second-order valence-electron chi connectivity index (χ2n) is 6.65. The van der Waals surface area contributed by atoms with Crippen molar-refractivity contribution in [2.45, 2.75) is 24.3 Å². The zero-order valence-electron chi connectivity index (χ0n) is 16.1. The number of nitrogens with one attached hydrogen (secondary N) is 1. The van der Waals surface area contributed by atoms with Crippen LogP contribution in [0, 0.1) is 6.92 Å². The van der Waals surface area contributed by atoms with Crippen molar-refractivity contribution < 1.29 is 9.53 Å². The molecule has 29 heavy (non-hydrogen) atoms. The summed E-state index contributed by atoms with van der Waals surface area (Å²) in [6.45, 7) is 3.87. The van der Waals surface area contributed by atoms with Crippen LogP contribution in [0.4, 0.5) is 5.69 Å². The van der Waals surface area contributed by atoms with E-state index in [1.807, 2.05) is 42.5 Å². The average molecular weight is 427 g/mol. The molecule has 0 spiro atoms. The summed E-state index contributed by atoms with van der Waals surface area (Å²) in [5.41, 5.74) is 3.43. The van der Waals surface area contributed by atoms with E-state index in [9.17, 15) is 4.79 Å². The van der Waals surface area contributed by atoms with E-state index in [1.54, 1.807) is 31.4 Å². The molecule has 2 aromatic carbocycles. The van der Waals surface area contributed by atoms with Crippen molar-refractivity contribution in [2.75, 3.05) is 12.4 Å². The van der Waals surface area contributed by atoms with Gasteiger partial charge < -0.3 is 10.1 Å². The molecule has 1 atom stereocenters. The number of halogens is 1. The number of rotatable bonds is 5. The lowest BCUT2D eigenvalue weighted by Gasteiger charge is -2.13. The first-order chi connectivity index (χ1) is 14.0. The summed E-state index contributed by atoms with van der Waals surface area (Å²) in [5, 5.41) is 13.4. The van der Waals surface area contributed by atoms with Gasteiger partial charge in [0.25, 0.3) is 0 Å². The molecule has 2 aromatic heterocycles. The molecule has 0 bridgehead atoms. The second kappa shape index (κ2) is 7.93. The molecule has 1 unspecified atom stereocenters. The standard InChI is InChI=1S/C21H19ClN4O2S/c1-12-9-19-24-25-21(26(19)18-11-16(28-3)7-8-17(12)18)29-13(2)20(27)23-15-6-4-5-14(22)10-15/h4-11,13H,1-3H3,(H,23,27). The van der Waals surface area contributed by atoms with E-state index in [-0.39, 0.29) is 11.2 Å². The number of carbonyl (C=O) groups is 1.